The van der Waals surface area contributed by atoms with Crippen LogP contribution in [-0.2, 0) is 4.74 Å². The molecule has 0 N–H and O–H groups in total. The molecular formula is C12H13NaO4. The van der Waals surface area contributed by atoms with Crippen LogP contribution in [0.25, 0.3) is 0 Å². The monoisotopic (exact) mass is 244 g/mol. The average Bonchev–Trinajstić information content (AvgIpc) is 2.29. The number of rotatable bonds is 5. The maximum absolute atomic E-state index is 11.5. The third-order valence-electron chi connectivity index (χ3n) is 2.10. The van der Waals surface area contributed by atoms with Gasteiger partial charge in [0, 0.05) is 5.56 Å². The number of hydrogen-bond acceptors (Lipinski definition) is 4. The molecule has 1 rings (SSSR count). The van der Waals surface area contributed by atoms with Crippen molar-refractivity contribution in [3.8, 4) is 0 Å². The van der Waals surface area contributed by atoms with Gasteiger partial charge < -0.3 is 14.6 Å². The molecule has 5 heteroatoms. The van der Waals surface area contributed by atoms with E-state index in [1.807, 2.05) is 6.92 Å². The molecule has 0 unspecified atom stereocenters. The molecule has 86 valence electrons. The van der Waals surface area contributed by atoms with Crippen LogP contribution in [0.2, 0.25) is 0 Å². The number of unbranched alkanes of at least 4 members (excludes halogenated alkanes) is 1. The van der Waals surface area contributed by atoms with Crippen molar-refractivity contribution in [1.82, 2.24) is 0 Å². The maximum Gasteiger partial charge on any atom is 1.00 e. The van der Waals surface area contributed by atoms with E-state index < -0.39 is 11.9 Å². The van der Waals surface area contributed by atoms with E-state index in [9.17, 15) is 14.7 Å². The van der Waals surface area contributed by atoms with Gasteiger partial charge in [-0.3, -0.25) is 0 Å². The summed E-state index contributed by atoms with van der Waals surface area (Å²) in [5.74, 6) is -1.99. The Hall–Kier alpha value is -0.840. The van der Waals surface area contributed by atoms with Crippen molar-refractivity contribution < 1.29 is 49.0 Å². The zero-order chi connectivity index (χ0) is 12.0. The van der Waals surface area contributed by atoms with Gasteiger partial charge in [-0.1, -0.05) is 31.5 Å². The first-order valence-corrected chi connectivity index (χ1v) is 5.14. The Balaban J connectivity index is 0.00000256. The standard InChI is InChI=1S/C12H14O4.Na/c1-2-3-8-16-12(15)10-7-5-4-6-9(10)11(13)14;/h4-7H,2-3,8H2,1H3,(H,13,14);/q;+1/p-1. The molecule has 0 aliphatic rings. The minimum Gasteiger partial charge on any atom is -0.545 e. The Labute approximate surface area is 122 Å². The van der Waals surface area contributed by atoms with Crippen LogP contribution < -0.4 is 34.7 Å². The molecular weight excluding hydrogens is 231 g/mol. The number of hydrogen-bond donors (Lipinski definition) is 0. The molecule has 0 aliphatic carbocycles. The second-order valence-corrected chi connectivity index (χ2v) is 3.32. The van der Waals surface area contributed by atoms with Crippen LogP contribution in [0.15, 0.2) is 24.3 Å². The Kier molecular flexibility index (Phi) is 7.87. The molecule has 0 aliphatic heterocycles. The van der Waals surface area contributed by atoms with Gasteiger partial charge in [-0.25, -0.2) is 4.79 Å². The van der Waals surface area contributed by atoms with Crippen LogP contribution in [0.3, 0.4) is 0 Å². The van der Waals surface area contributed by atoms with Crippen LogP contribution in [0.4, 0.5) is 0 Å². The predicted molar refractivity (Wildman–Crippen MR) is 56.0 cm³/mol. The zero-order valence-corrected chi connectivity index (χ0v) is 12.1. The van der Waals surface area contributed by atoms with Gasteiger partial charge in [-0.15, -0.1) is 0 Å². The zero-order valence-electron chi connectivity index (χ0n) is 10.1. The van der Waals surface area contributed by atoms with E-state index >= 15 is 0 Å². The fourth-order valence-electron chi connectivity index (χ4n) is 1.23. The van der Waals surface area contributed by atoms with Crippen LogP contribution in [0.1, 0.15) is 40.5 Å². The van der Waals surface area contributed by atoms with Crippen molar-refractivity contribution in [3.63, 3.8) is 0 Å². The summed E-state index contributed by atoms with van der Waals surface area (Å²) in [5.41, 5.74) is -0.0948. The molecule has 0 saturated heterocycles. The summed E-state index contributed by atoms with van der Waals surface area (Å²) in [4.78, 5) is 22.3. The SMILES string of the molecule is CCCCOC(=O)c1ccccc1C(=O)[O-].[Na+]. The summed E-state index contributed by atoms with van der Waals surface area (Å²) in [7, 11) is 0. The van der Waals surface area contributed by atoms with Crippen LogP contribution in [0.5, 0.6) is 0 Å². The maximum atomic E-state index is 11.5. The number of carboxylic acid groups (broad SMARTS) is 1. The molecule has 0 aromatic heterocycles. The fraction of sp³-hybridized carbons (Fsp3) is 0.333. The number of carbonyl (C=O) groups excluding carboxylic acids is 2. The van der Waals surface area contributed by atoms with Crippen molar-refractivity contribution in [2.45, 2.75) is 19.8 Å². The van der Waals surface area contributed by atoms with E-state index in [1.165, 1.54) is 18.2 Å². The Morgan fingerprint density at radius 3 is 2.35 bits per heavy atom. The van der Waals surface area contributed by atoms with Gasteiger partial charge in [-0.2, -0.15) is 0 Å². The second kappa shape index (κ2) is 8.28. The number of esters is 1. The van der Waals surface area contributed by atoms with E-state index in [0.29, 0.717) is 6.61 Å². The normalized spacial score (nSPS) is 9.24. The van der Waals surface area contributed by atoms with Gasteiger partial charge in [0.05, 0.1) is 18.1 Å². The first-order valence-electron chi connectivity index (χ1n) is 5.14. The topological polar surface area (TPSA) is 66.4 Å². The Morgan fingerprint density at radius 2 is 1.82 bits per heavy atom. The van der Waals surface area contributed by atoms with Gasteiger partial charge in [0.2, 0.25) is 0 Å². The predicted octanol–water partition coefficient (Wildman–Crippen LogP) is -1.99. The van der Waals surface area contributed by atoms with Crippen molar-refractivity contribution >= 4 is 11.9 Å². The number of carbonyl (C=O) groups is 2. The Bertz CT molecular complexity index is 390. The minimum atomic E-state index is -1.37. The number of benzene rings is 1. The van der Waals surface area contributed by atoms with E-state index in [4.69, 9.17) is 4.74 Å². The van der Waals surface area contributed by atoms with E-state index in [-0.39, 0.29) is 40.7 Å². The number of carboxylic acids is 1. The number of aromatic carboxylic acids is 1. The first-order chi connectivity index (χ1) is 7.66. The molecule has 0 atom stereocenters. The molecule has 4 nitrogen and oxygen atoms in total. The molecule has 0 heterocycles. The van der Waals surface area contributed by atoms with E-state index in [2.05, 4.69) is 0 Å². The van der Waals surface area contributed by atoms with Crippen molar-refractivity contribution in [1.29, 1.82) is 0 Å². The summed E-state index contributed by atoms with van der Waals surface area (Å²) >= 11 is 0. The average molecular weight is 244 g/mol. The molecule has 0 saturated carbocycles. The van der Waals surface area contributed by atoms with E-state index in [1.54, 1.807) is 6.07 Å². The van der Waals surface area contributed by atoms with Gasteiger partial charge >= 0.3 is 35.5 Å². The minimum absolute atomic E-state index is 0. The molecule has 0 spiro atoms. The fourth-order valence-corrected chi connectivity index (χ4v) is 1.23. The molecule has 1 aromatic rings. The van der Waals surface area contributed by atoms with Crippen molar-refractivity contribution in [2.75, 3.05) is 6.61 Å². The summed E-state index contributed by atoms with van der Waals surface area (Å²) < 4.78 is 4.93. The van der Waals surface area contributed by atoms with Gasteiger partial charge in [0.25, 0.3) is 0 Å². The summed E-state index contributed by atoms with van der Waals surface area (Å²) in [6.07, 6.45) is 1.68. The van der Waals surface area contributed by atoms with Gasteiger partial charge in [-0.05, 0) is 12.5 Å². The van der Waals surface area contributed by atoms with Gasteiger partial charge in [0.15, 0.2) is 0 Å². The van der Waals surface area contributed by atoms with E-state index in [0.717, 1.165) is 12.8 Å². The van der Waals surface area contributed by atoms with Crippen molar-refractivity contribution in [2.24, 2.45) is 0 Å². The quantitative estimate of drug-likeness (QED) is 0.342. The van der Waals surface area contributed by atoms with Crippen LogP contribution >= 0.6 is 0 Å². The molecule has 0 radical (unpaired) electrons. The largest absolute Gasteiger partial charge is 1.00 e. The third-order valence-corrected chi connectivity index (χ3v) is 2.10. The molecule has 1 aromatic carbocycles. The van der Waals surface area contributed by atoms with Gasteiger partial charge in [0.1, 0.15) is 0 Å². The number of ether oxygens (including phenoxy) is 1. The molecule has 0 amide bonds. The molecule has 0 bridgehead atoms. The summed E-state index contributed by atoms with van der Waals surface area (Å²) in [6.45, 7) is 2.28. The molecule has 17 heavy (non-hydrogen) atoms. The van der Waals surface area contributed by atoms with Crippen molar-refractivity contribution in [3.05, 3.63) is 35.4 Å². The Morgan fingerprint density at radius 1 is 1.24 bits per heavy atom. The smallest absolute Gasteiger partial charge is 0.545 e. The first kappa shape index (κ1) is 16.2. The third kappa shape index (κ3) is 4.89. The summed E-state index contributed by atoms with van der Waals surface area (Å²) in [6, 6.07) is 5.86. The van der Waals surface area contributed by atoms with Crippen LogP contribution in [0, 0.1) is 0 Å². The molecule has 0 fully saturated rings. The summed E-state index contributed by atoms with van der Waals surface area (Å²) in [5, 5.41) is 10.7. The second-order valence-electron chi connectivity index (χ2n) is 3.32. The van der Waals surface area contributed by atoms with Crippen LogP contribution in [-0.4, -0.2) is 18.5 Å².